The molecule has 0 bridgehead atoms. The zero-order valence-corrected chi connectivity index (χ0v) is 16.0. The van der Waals surface area contributed by atoms with Crippen LogP contribution < -0.4 is 5.32 Å². The molecule has 0 aliphatic rings. The Hall–Kier alpha value is -3.15. The van der Waals surface area contributed by atoms with Crippen LogP contribution in [0, 0.1) is 0 Å². The number of nitrogens with one attached hydrogen (secondary N) is 1. The van der Waals surface area contributed by atoms with Gasteiger partial charge in [0.1, 0.15) is 0 Å². The Morgan fingerprint density at radius 2 is 1.57 bits per heavy atom. The molecule has 0 saturated heterocycles. The van der Waals surface area contributed by atoms with Gasteiger partial charge in [0.15, 0.2) is 11.5 Å². The summed E-state index contributed by atoms with van der Waals surface area (Å²) in [4.78, 5) is 4.81. The van der Waals surface area contributed by atoms with Crippen molar-refractivity contribution in [2.45, 2.75) is 0 Å². The first-order valence-electron chi connectivity index (χ1n) is 8.62. The summed E-state index contributed by atoms with van der Waals surface area (Å²) in [5.41, 5.74) is 3.27. The highest BCUT2D eigenvalue weighted by Crippen LogP contribution is 2.31. The van der Waals surface area contributed by atoms with Gasteiger partial charge >= 0.3 is 0 Å². The highest BCUT2D eigenvalue weighted by Gasteiger charge is 2.17. The lowest BCUT2D eigenvalue weighted by molar-refractivity contribution is 1.10. The van der Waals surface area contributed by atoms with E-state index in [9.17, 15) is 0 Å². The van der Waals surface area contributed by atoms with Crippen molar-refractivity contribution in [1.29, 1.82) is 0 Å². The predicted molar refractivity (Wildman–Crippen MR) is 113 cm³/mol. The van der Waals surface area contributed by atoms with Crippen molar-refractivity contribution >= 4 is 51.4 Å². The molecule has 1 N–H and O–H groups in total. The van der Waals surface area contributed by atoms with Gasteiger partial charge in [-0.15, -0.1) is 10.2 Å². The van der Waals surface area contributed by atoms with Gasteiger partial charge in [-0.25, -0.2) is 9.38 Å². The highest BCUT2D eigenvalue weighted by molar-refractivity contribution is 6.42. The van der Waals surface area contributed by atoms with Crippen LogP contribution in [-0.4, -0.2) is 19.6 Å². The fraction of sp³-hybridized carbons (Fsp3) is 0. The van der Waals surface area contributed by atoms with Crippen molar-refractivity contribution in [2.75, 3.05) is 5.32 Å². The van der Waals surface area contributed by atoms with Crippen molar-refractivity contribution in [2.24, 2.45) is 0 Å². The molecule has 0 fully saturated rings. The lowest BCUT2D eigenvalue weighted by Gasteiger charge is -2.11. The average molecular weight is 406 g/mol. The molecular weight excluding hydrogens is 393 g/mol. The van der Waals surface area contributed by atoms with E-state index in [1.165, 1.54) is 0 Å². The van der Waals surface area contributed by atoms with Crippen molar-refractivity contribution in [3.63, 3.8) is 0 Å². The van der Waals surface area contributed by atoms with Crippen molar-refractivity contribution in [1.82, 2.24) is 19.6 Å². The summed E-state index contributed by atoms with van der Waals surface area (Å²) < 4.78 is 1.90. The third kappa shape index (κ3) is 2.85. The van der Waals surface area contributed by atoms with Crippen LogP contribution in [0.25, 0.3) is 27.9 Å². The summed E-state index contributed by atoms with van der Waals surface area (Å²) in [5.74, 6) is 1.25. The van der Waals surface area contributed by atoms with Crippen LogP contribution >= 0.6 is 23.2 Å². The van der Waals surface area contributed by atoms with E-state index in [1.807, 2.05) is 65.1 Å². The molecule has 5 aromatic rings. The van der Waals surface area contributed by atoms with Crippen LogP contribution in [0.1, 0.15) is 0 Å². The van der Waals surface area contributed by atoms with Gasteiger partial charge in [-0.1, -0.05) is 53.5 Å². The maximum absolute atomic E-state index is 6.23. The highest BCUT2D eigenvalue weighted by atomic mass is 35.5. The number of anilines is 2. The molecule has 136 valence electrons. The van der Waals surface area contributed by atoms with Crippen molar-refractivity contribution in [3.8, 4) is 11.4 Å². The summed E-state index contributed by atoms with van der Waals surface area (Å²) >= 11 is 12.3. The molecule has 5 nitrogen and oxygen atoms in total. The Bertz CT molecular complexity index is 1310. The predicted octanol–water partition coefficient (Wildman–Crippen LogP) is 5.99. The van der Waals surface area contributed by atoms with Crippen LogP contribution in [0.3, 0.4) is 0 Å². The van der Waals surface area contributed by atoms with Gasteiger partial charge in [0, 0.05) is 16.6 Å². The maximum Gasteiger partial charge on any atom is 0.215 e. The lowest BCUT2D eigenvalue weighted by atomic mass is 10.2. The van der Waals surface area contributed by atoms with E-state index in [0.29, 0.717) is 27.5 Å². The van der Waals surface area contributed by atoms with E-state index in [-0.39, 0.29) is 0 Å². The van der Waals surface area contributed by atoms with Gasteiger partial charge in [-0.3, -0.25) is 0 Å². The van der Waals surface area contributed by atoms with Gasteiger partial charge in [0.2, 0.25) is 5.95 Å². The zero-order valence-electron chi connectivity index (χ0n) is 14.5. The Morgan fingerprint density at radius 3 is 2.39 bits per heavy atom. The monoisotopic (exact) mass is 405 g/mol. The minimum atomic E-state index is 0.460. The number of benzene rings is 3. The third-order valence-electron chi connectivity index (χ3n) is 4.45. The molecular formula is C21H13Cl2N5. The first-order chi connectivity index (χ1) is 13.7. The van der Waals surface area contributed by atoms with E-state index in [2.05, 4.69) is 15.5 Å². The van der Waals surface area contributed by atoms with E-state index in [1.54, 1.807) is 12.1 Å². The van der Waals surface area contributed by atoms with Gasteiger partial charge < -0.3 is 5.32 Å². The second-order valence-corrected chi connectivity index (χ2v) is 7.07. The molecule has 0 aliphatic heterocycles. The van der Waals surface area contributed by atoms with Crippen molar-refractivity contribution < 1.29 is 0 Å². The maximum atomic E-state index is 6.23. The zero-order chi connectivity index (χ0) is 19.1. The molecule has 7 heteroatoms. The smallest absolute Gasteiger partial charge is 0.215 e. The topological polar surface area (TPSA) is 55.1 Å². The standard InChI is InChI=1S/C21H13Cl2N5/c22-16-11-10-13(12-17(16)23)19-26-27-20-15-8-4-5-9-18(15)25-21(28(19)20)24-14-6-2-1-3-7-14/h1-12H,(H,24,25). The number of nitrogens with zero attached hydrogens (tertiary/aromatic N) is 4. The number of aromatic nitrogens is 4. The average Bonchev–Trinajstić information content (AvgIpc) is 3.17. The Labute approximate surface area is 170 Å². The SMILES string of the molecule is Clc1ccc(-c2nnc3c4ccccc4nc(Nc4ccccc4)n23)cc1Cl. The first-order valence-corrected chi connectivity index (χ1v) is 9.38. The van der Waals surface area contributed by atoms with Gasteiger partial charge in [-0.05, 0) is 42.5 Å². The Kier molecular flexibility index (Phi) is 4.11. The number of fused-ring (bicyclic) bond motifs is 3. The molecule has 0 radical (unpaired) electrons. The van der Waals surface area contributed by atoms with E-state index < -0.39 is 0 Å². The van der Waals surface area contributed by atoms with Crippen LogP contribution in [0.15, 0.2) is 72.8 Å². The minimum absolute atomic E-state index is 0.460. The lowest BCUT2D eigenvalue weighted by Crippen LogP contribution is -2.04. The fourth-order valence-corrected chi connectivity index (χ4v) is 3.44. The second-order valence-electron chi connectivity index (χ2n) is 6.26. The third-order valence-corrected chi connectivity index (χ3v) is 5.19. The molecule has 5 rings (SSSR count). The number of hydrogen-bond donors (Lipinski definition) is 1. The van der Waals surface area contributed by atoms with Gasteiger partial charge in [0.05, 0.1) is 15.6 Å². The van der Waals surface area contributed by atoms with Gasteiger partial charge in [0.25, 0.3) is 0 Å². The largest absolute Gasteiger partial charge is 0.325 e. The summed E-state index contributed by atoms with van der Waals surface area (Å²) in [5, 5.41) is 14.1. The molecule has 2 aromatic heterocycles. The molecule has 0 unspecified atom stereocenters. The van der Waals surface area contributed by atoms with Crippen LogP contribution in [0.4, 0.5) is 11.6 Å². The number of hydrogen-bond acceptors (Lipinski definition) is 4. The number of halogens is 2. The van der Waals surface area contributed by atoms with Crippen LogP contribution in [0.5, 0.6) is 0 Å². The number of para-hydroxylation sites is 2. The van der Waals surface area contributed by atoms with Crippen LogP contribution in [-0.2, 0) is 0 Å². The fourth-order valence-electron chi connectivity index (χ4n) is 3.14. The van der Waals surface area contributed by atoms with Crippen molar-refractivity contribution in [3.05, 3.63) is 82.8 Å². The molecule has 0 atom stereocenters. The van der Waals surface area contributed by atoms with Gasteiger partial charge in [-0.2, -0.15) is 0 Å². The Balaban J connectivity index is 1.80. The number of rotatable bonds is 3. The normalized spacial score (nSPS) is 11.2. The van der Waals surface area contributed by atoms with Crippen LogP contribution in [0.2, 0.25) is 10.0 Å². The van der Waals surface area contributed by atoms with E-state index in [4.69, 9.17) is 28.2 Å². The minimum Gasteiger partial charge on any atom is -0.325 e. The Morgan fingerprint density at radius 1 is 0.786 bits per heavy atom. The molecule has 0 saturated carbocycles. The summed E-state index contributed by atoms with van der Waals surface area (Å²) in [6.07, 6.45) is 0. The molecule has 0 spiro atoms. The van der Waals surface area contributed by atoms with E-state index in [0.717, 1.165) is 22.2 Å². The summed E-state index contributed by atoms with van der Waals surface area (Å²) in [7, 11) is 0. The van der Waals surface area contributed by atoms with E-state index >= 15 is 0 Å². The molecule has 0 aliphatic carbocycles. The molecule has 2 heterocycles. The second kappa shape index (κ2) is 6.78. The molecule has 3 aromatic carbocycles. The quantitative estimate of drug-likeness (QED) is 0.400. The molecule has 0 amide bonds. The molecule has 28 heavy (non-hydrogen) atoms. The first kappa shape index (κ1) is 17.0. The summed E-state index contributed by atoms with van der Waals surface area (Å²) in [6, 6.07) is 23.1. The summed E-state index contributed by atoms with van der Waals surface area (Å²) in [6.45, 7) is 0.